The molecule has 0 aliphatic heterocycles. The van der Waals surface area contributed by atoms with Crippen molar-refractivity contribution in [2.24, 2.45) is 5.92 Å². The molecule has 4 aromatic rings. The molecule has 0 spiro atoms. The summed E-state index contributed by atoms with van der Waals surface area (Å²) in [6, 6.07) is 12.0. The maximum absolute atomic E-state index is 15.0. The molecule has 0 saturated carbocycles. The zero-order chi connectivity index (χ0) is 29.3. The molecule has 1 unspecified atom stereocenters. The van der Waals surface area contributed by atoms with Crippen LogP contribution in [0.5, 0.6) is 5.75 Å². The minimum Gasteiger partial charge on any atom is -0.487 e. The molecule has 0 N–H and O–H groups in total. The Kier molecular flexibility index (Phi) is 10.3. The van der Waals surface area contributed by atoms with Crippen molar-refractivity contribution in [3.8, 4) is 5.75 Å². The summed E-state index contributed by atoms with van der Waals surface area (Å²) in [6.07, 6.45) is 8.23. The number of hydrogen-bond donors (Lipinski definition) is 0. The standard InChI is InChI=1S/C28H31F3N6O.C2H6/c1-20(2)28(30,31)16-38-23-9-6-22(7-10-23)8-12-26-33-19-37(35-26)15-27(4,14-36-18-32-17-34-36)24-11-5-21(3)13-25(24)29;1-2/h5-13,17-20H,14-16H2,1-4H3;1-2H3/b12-8+;. The molecule has 7 nitrogen and oxygen atoms in total. The van der Waals surface area contributed by atoms with Gasteiger partial charge in [-0.1, -0.05) is 65.0 Å². The molecular formula is C30H37F3N6O. The Labute approximate surface area is 233 Å². The molecule has 40 heavy (non-hydrogen) atoms. The molecule has 0 fully saturated rings. The van der Waals surface area contributed by atoms with Crippen molar-refractivity contribution in [2.75, 3.05) is 6.61 Å². The van der Waals surface area contributed by atoms with Crippen molar-refractivity contribution in [3.63, 3.8) is 0 Å². The lowest BCUT2D eigenvalue weighted by Crippen LogP contribution is -2.35. The summed E-state index contributed by atoms with van der Waals surface area (Å²) in [4.78, 5) is 8.37. The van der Waals surface area contributed by atoms with E-state index in [0.717, 1.165) is 11.1 Å². The van der Waals surface area contributed by atoms with Crippen molar-refractivity contribution >= 4 is 12.2 Å². The highest BCUT2D eigenvalue weighted by molar-refractivity contribution is 5.66. The van der Waals surface area contributed by atoms with Crippen LogP contribution in [0.15, 0.2) is 61.4 Å². The van der Waals surface area contributed by atoms with Gasteiger partial charge in [-0.25, -0.2) is 23.1 Å². The minimum atomic E-state index is -2.89. The Balaban J connectivity index is 0.00000216. The smallest absolute Gasteiger partial charge is 0.283 e. The largest absolute Gasteiger partial charge is 0.487 e. The van der Waals surface area contributed by atoms with E-state index in [1.165, 1.54) is 26.2 Å². The van der Waals surface area contributed by atoms with Crippen LogP contribution in [0.2, 0.25) is 0 Å². The van der Waals surface area contributed by atoms with E-state index in [1.54, 1.807) is 58.4 Å². The van der Waals surface area contributed by atoms with E-state index >= 15 is 4.39 Å². The lowest BCUT2D eigenvalue weighted by Gasteiger charge is -2.30. The summed E-state index contributed by atoms with van der Waals surface area (Å²) in [6.45, 7) is 10.8. The molecule has 1 atom stereocenters. The second-order valence-electron chi connectivity index (χ2n) is 10.0. The summed E-state index contributed by atoms with van der Waals surface area (Å²) in [7, 11) is 0. The van der Waals surface area contributed by atoms with Gasteiger partial charge in [0, 0.05) is 11.3 Å². The molecule has 0 saturated heterocycles. The first-order chi connectivity index (χ1) is 19.0. The first-order valence-corrected chi connectivity index (χ1v) is 13.3. The number of nitrogens with zero attached hydrogens (tertiary/aromatic N) is 6. The number of benzene rings is 2. The summed E-state index contributed by atoms with van der Waals surface area (Å²) in [5.74, 6) is -3.12. The van der Waals surface area contributed by atoms with E-state index in [1.807, 2.05) is 39.8 Å². The second kappa shape index (κ2) is 13.4. The number of rotatable bonds is 11. The highest BCUT2D eigenvalue weighted by Crippen LogP contribution is 2.31. The maximum atomic E-state index is 15.0. The Morgan fingerprint density at radius 1 is 0.975 bits per heavy atom. The molecule has 0 aliphatic carbocycles. The van der Waals surface area contributed by atoms with Gasteiger partial charge in [-0.2, -0.15) is 10.2 Å². The number of hydrogen-bond acceptors (Lipinski definition) is 5. The quantitative estimate of drug-likeness (QED) is 0.203. The van der Waals surface area contributed by atoms with Gasteiger partial charge in [-0.15, -0.1) is 0 Å². The van der Waals surface area contributed by atoms with E-state index in [4.69, 9.17) is 4.74 Å². The summed E-state index contributed by atoms with van der Waals surface area (Å²) in [5.41, 5.74) is 1.56. The lowest BCUT2D eigenvalue weighted by molar-refractivity contribution is -0.0788. The Morgan fingerprint density at radius 2 is 1.68 bits per heavy atom. The van der Waals surface area contributed by atoms with Crippen LogP contribution >= 0.6 is 0 Å². The highest BCUT2D eigenvalue weighted by atomic mass is 19.3. The predicted molar refractivity (Wildman–Crippen MR) is 151 cm³/mol. The fourth-order valence-corrected chi connectivity index (χ4v) is 4.01. The number of alkyl halides is 2. The first-order valence-electron chi connectivity index (χ1n) is 13.3. The average Bonchev–Trinajstić information content (AvgIpc) is 3.59. The molecule has 10 heteroatoms. The van der Waals surface area contributed by atoms with Crippen LogP contribution in [-0.4, -0.2) is 42.1 Å². The fourth-order valence-electron chi connectivity index (χ4n) is 4.01. The summed E-state index contributed by atoms with van der Waals surface area (Å²) >= 11 is 0. The molecule has 2 heterocycles. The summed E-state index contributed by atoms with van der Waals surface area (Å²) in [5, 5.41) is 8.75. The van der Waals surface area contributed by atoms with E-state index < -0.39 is 23.9 Å². The molecular weight excluding hydrogens is 517 g/mol. The van der Waals surface area contributed by atoms with Crippen LogP contribution in [0.4, 0.5) is 13.2 Å². The van der Waals surface area contributed by atoms with Gasteiger partial charge in [0.15, 0.2) is 12.4 Å². The summed E-state index contributed by atoms with van der Waals surface area (Å²) < 4.78 is 51.2. The Bertz CT molecular complexity index is 1370. The normalized spacial score (nSPS) is 13.2. The molecule has 0 radical (unpaired) electrons. The van der Waals surface area contributed by atoms with Crippen molar-refractivity contribution in [1.82, 2.24) is 29.5 Å². The number of ether oxygens (including phenoxy) is 1. The van der Waals surface area contributed by atoms with Crippen LogP contribution in [0.3, 0.4) is 0 Å². The van der Waals surface area contributed by atoms with Gasteiger partial charge >= 0.3 is 0 Å². The van der Waals surface area contributed by atoms with Gasteiger partial charge < -0.3 is 4.74 Å². The zero-order valence-electron chi connectivity index (χ0n) is 23.9. The van der Waals surface area contributed by atoms with Crippen molar-refractivity contribution in [2.45, 2.75) is 66.0 Å². The van der Waals surface area contributed by atoms with Crippen LogP contribution in [0, 0.1) is 18.7 Å². The van der Waals surface area contributed by atoms with Gasteiger partial charge in [0.2, 0.25) is 0 Å². The van der Waals surface area contributed by atoms with Gasteiger partial charge in [0.1, 0.15) is 30.5 Å². The zero-order valence-corrected chi connectivity index (χ0v) is 23.9. The van der Waals surface area contributed by atoms with E-state index in [-0.39, 0.29) is 5.82 Å². The molecule has 214 valence electrons. The van der Waals surface area contributed by atoms with Crippen LogP contribution in [-0.2, 0) is 18.5 Å². The van der Waals surface area contributed by atoms with E-state index in [9.17, 15) is 8.78 Å². The SMILES string of the molecule is CC.Cc1ccc(C(C)(Cn2cncn2)Cn2cnc(/C=C/c3ccc(OCC(F)(F)C(C)C)cc3)n2)c(F)c1. The third-order valence-corrected chi connectivity index (χ3v) is 6.40. The Hall–Kier alpha value is -3.95. The monoisotopic (exact) mass is 554 g/mol. The van der Waals surface area contributed by atoms with Gasteiger partial charge in [0.25, 0.3) is 5.92 Å². The average molecular weight is 555 g/mol. The van der Waals surface area contributed by atoms with E-state index in [2.05, 4.69) is 20.2 Å². The van der Waals surface area contributed by atoms with Crippen molar-refractivity contribution in [1.29, 1.82) is 0 Å². The number of aryl methyl sites for hydroxylation is 1. The van der Waals surface area contributed by atoms with E-state index in [0.29, 0.717) is 30.2 Å². The van der Waals surface area contributed by atoms with Gasteiger partial charge in [-0.05, 0) is 47.9 Å². The third kappa shape index (κ3) is 8.03. The molecule has 2 aromatic heterocycles. The lowest BCUT2D eigenvalue weighted by atomic mass is 9.81. The highest BCUT2D eigenvalue weighted by Gasteiger charge is 2.34. The predicted octanol–water partition coefficient (Wildman–Crippen LogP) is 6.84. The number of aromatic nitrogens is 6. The second-order valence-corrected chi connectivity index (χ2v) is 10.0. The third-order valence-electron chi connectivity index (χ3n) is 6.40. The minimum absolute atomic E-state index is 0.284. The van der Waals surface area contributed by atoms with Crippen molar-refractivity contribution in [3.05, 3.63) is 89.8 Å². The Morgan fingerprint density at radius 3 is 2.30 bits per heavy atom. The molecule has 0 bridgehead atoms. The fraction of sp³-hybridized carbons (Fsp3) is 0.400. The maximum Gasteiger partial charge on any atom is 0.283 e. The van der Waals surface area contributed by atoms with Crippen LogP contribution < -0.4 is 4.74 Å². The van der Waals surface area contributed by atoms with Crippen molar-refractivity contribution < 1.29 is 17.9 Å². The van der Waals surface area contributed by atoms with Gasteiger partial charge in [-0.3, -0.25) is 9.36 Å². The topological polar surface area (TPSA) is 70.7 Å². The molecule has 4 rings (SSSR count). The first kappa shape index (κ1) is 30.6. The molecule has 2 aromatic carbocycles. The molecule has 0 amide bonds. The van der Waals surface area contributed by atoms with Crippen LogP contribution in [0.25, 0.3) is 12.2 Å². The molecule has 0 aliphatic rings. The van der Waals surface area contributed by atoms with Gasteiger partial charge in [0.05, 0.1) is 13.1 Å². The van der Waals surface area contributed by atoms with Crippen LogP contribution in [0.1, 0.15) is 57.1 Å². The number of halogens is 3.